The van der Waals surface area contributed by atoms with E-state index in [-0.39, 0.29) is 11.8 Å². The van der Waals surface area contributed by atoms with Crippen molar-refractivity contribution in [2.75, 3.05) is 30.9 Å². The molecule has 0 bridgehead atoms. The van der Waals surface area contributed by atoms with Gasteiger partial charge in [-0.15, -0.1) is 0 Å². The minimum Gasteiger partial charge on any atom is -0.383 e. The first kappa shape index (κ1) is 16.8. The largest absolute Gasteiger partial charge is 0.383 e. The summed E-state index contributed by atoms with van der Waals surface area (Å²) in [5.41, 5.74) is 2.38. The van der Waals surface area contributed by atoms with Gasteiger partial charge in [-0.1, -0.05) is 18.2 Å². The number of halogens is 1. The Labute approximate surface area is 134 Å². The normalized spacial score (nSPS) is 10.2. The van der Waals surface area contributed by atoms with Crippen LogP contribution in [0.5, 0.6) is 0 Å². The van der Waals surface area contributed by atoms with Crippen LogP contribution < -0.4 is 16.0 Å². The highest BCUT2D eigenvalue weighted by Gasteiger charge is 2.02. The van der Waals surface area contributed by atoms with Crippen molar-refractivity contribution in [3.05, 3.63) is 59.9 Å². The summed E-state index contributed by atoms with van der Waals surface area (Å²) in [6.45, 7) is 1.77. The first-order valence-corrected chi connectivity index (χ1v) is 7.29. The van der Waals surface area contributed by atoms with Crippen LogP contribution in [-0.2, 0) is 11.3 Å². The summed E-state index contributed by atoms with van der Waals surface area (Å²) in [5.74, 6) is -0.389. The number of ether oxygens (including phenoxy) is 1. The summed E-state index contributed by atoms with van der Waals surface area (Å²) in [6.07, 6.45) is 0. The standard InChI is InChI=1S/C17H20FN3O2/c1-23-10-9-19-15-7-5-13(6-8-15)12-20-17(22)21-16-4-2-3-14(18)11-16/h2-8,11,19H,9-10,12H2,1H3,(H2,20,21,22). The Hall–Kier alpha value is -2.60. The number of anilines is 2. The Bertz CT molecular complexity index is 632. The van der Waals surface area contributed by atoms with Crippen LogP contribution in [0.1, 0.15) is 5.56 Å². The molecule has 2 aromatic carbocycles. The van der Waals surface area contributed by atoms with E-state index in [1.807, 2.05) is 24.3 Å². The molecule has 0 aliphatic carbocycles. The third-order valence-corrected chi connectivity index (χ3v) is 3.12. The quantitative estimate of drug-likeness (QED) is 0.687. The highest BCUT2D eigenvalue weighted by molar-refractivity contribution is 5.89. The molecule has 0 radical (unpaired) electrons. The summed E-state index contributed by atoms with van der Waals surface area (Å²) in [5, 5.41) is 8.52. The van der Waals surface area contributed by atoms with Crippen molar-refractivity contribution in [1.82, 2.24) is 5.32 Å². The fourth-order valence-corrected chi connectivity index (χ4v) is 1.96. The molecule has 23 heavy (non-hydrogen) atoms. The van der Waals surface area contributed by atoms with Crippen LogP contribution in [0.15, 0.2) is 48.5 Å². The number of carbonyl (C=O) groups excluding carboxylic acids is 1. The summed E-state index contributed by atoms with van der Waals surface area (Å²) < 4.78 is 18.0. The molecule has 0 saturated heterocycles. The second-order valence-electron chi connectivity index (χ2n) is 4.93. The average Bonchev–Trinajstić information content (AvgIpc) is 2.54. The molecule has 0 unspecified atom stereocenters. The van der Waals surface area contributed by atoms with Crippen LogP contribution in [-0.4, -0.2) is 26.3 Å². The number of nitrogens with one attached hydrogen (secondary N) is 3. The van der Waals surface area contributed by atoms with Gasteiger partial charge in [0.25, 0.3) is 0 Å². The van der Waals surface area contributed by atoms with Crippen molar-refractivity contribution in [2.45, 2.75) is 6.54 Å². The van der Waals surface area contributed by atoms with Gasteiger partial charge in [0, 0.05) is 31.6 Å². The lowest BCUT2D eigenvalue weighted by atomic mass is 10.2. The molecule has 0 atom stereocenters. The zero-order valence-electron chi connectivity index (χ0n) is 12.9. The highest BCUT2D eigenvalue weighted by atomic mass is 19.1. The van der Waals surface area contributed by atoms with Crippen molar-refractivity contribution in [2.24, 2.45) is 0 Å². The van der Waals surface area contributed by atoms with Crippen LogP contribution in [0.3, 0.4) is 0 Å². The van der Waals surface area contributed by atoms with Crippen molar-refractivity contribution < 1.29 is 13.9 Å². The lowest BCUT2D eigenvalue weighted by Gasteiger charge is -2.09. The number of benzene rings is 2. The van der Waals surface area contributed by atoms with Gasteiger partial charge in [0.2, 0.25) is 0 Å². The molecule has 0 saturated carbocycles. The number of hydrogen-bond acceptors (Lipinski definition) is 3. The number of carbonyl (C=O) groups is 1. The van der Waals surface area contributed by atoms with Crippen LogP contribution in [0, 0.1) is 5.82 Å². The second kappa shape index (κ2) is 8.75. The molecule has 0 fully saturated rings. The minimum atomic E-state index is -0.389. The van der Waals surface area contributed by atoms with E-state index in [4.69, 9.17) is 4.74 Å². The molecule has 6 heteroatoms. The average molecular weight is 317 g/mol. The van der Waals surface area contributed by atoms with E-state index in [2.05, 4.69) is 16.0 Å². The number of rotatable bonds is 7. The maximum atomic E-state index is 13.0. The molecular weight excluding hydrogens is 297 g/mol. The fraction of sp³-hybridized carbons (Fsp3) is 0.235. The molecule has 3 N–H and O–H groups in total. The fourth-order valence-electron chi connectivity index (χ4n) is 1.96. The van der Waals surface area contributed by atoms with E-state index < -0.39 is 0 Å². The van der Waals surface area contributed by atoms with Crippen LogP contribution in [0.25, 0.3) is 0 Å². The molecule has 2 amide bonds. The van der Waals surface area contributed by atoms with Crippen molar-refractivity contribution in [1.29, 1.82) is 0 Å². The SMILES string of the molecule is COCCNc1ccc(CNC(=O)Nc2cccc(F)c2)cc1. The van der Waals surface area contributed by atoms with Gasteiger partial charge in [-0.3, -0.25) is 0 Å². The summed E-state index contributed by atoms with van der Waals surface area (Å²) in [7, 11) is 1.66. The van der Waals surface area contributed by atoms with Crippen LogP contribution >= 0.6 is 0 Å². The van der Waals surface area contributed by atoms with E-state index in [0.29, 0.717) is 18.8 Å². The smallest absolute Gasteiger partial charge is 0.319 e. The van der Waals surface area contributed by atoms with E-state index in [1.54, 1.807) is 19.2 Å². The molecule has 0 aliphatic rings. The first-order chi connectivity index (χ1) is 11.2. The Morgan fingerprint density at radius 1 is 1.13 bits per heavy atom. The molecule has 0 spiro atoms. The van der Waals surface area contributed by atoms with E-state index in [1.165, 1.54) is 12.1 Å². The van der Waals surface area contributed by atoms with E-state index in [0.717, 1.165) is 17.8 Å². The molecule has 122 valence electrons. The predicted molar refractivity (Wildman–Crippen MR) is 89.1 cm³/mol. The first-order valence-electron chi connectivity index (χ1n) is 7.29. The Kier molecular flexibility index (Phi) is 6.38. The number of methoxy groups -OCH3 is 1. The van der Waals surface area contributed by atoms with Crippen LogP contribution in [0.4, 0.5) is 20.6 Å². The van der Waals surface area contributed by atoms with Crippen molar-refractivity contribution >= 4 is 17.4 Å². The molecule has 5 nitrogen and oxygen atoms in total. The van der Waals surface area contributed by atoms with E-state index >= 15 is 0 Å². The van der Waals surface area contributed by atoms with Gasteiger partial charge < -0.3 is 20.7 Å². The maximum absolute atomic E-state index is 13.0. The third-order valence-electron chi connectivity index (χ3n) is 3.12. The third kappa shape index (κ3) is 5.96. The van der Waals surface area contributed by atoms with Gasteiger partial charge >= 0.3 is 6.03 Å². The molecular formula is C17H20FN3O2. The highest BCUT2D eigenvalue weighted by Crippen LogP contribution is 2.10. The summed E-state index contributed by atoms with van der Waals surface area (Å²) in [6, 6.07) is 13.1. The van der Waals surface area contributed by atoms with Gasteiger partial charge in [0.1, 0.15) is 5.82 Å². The lowest BCUT2D eigenvalue weighted by molar-refractivity contribution is 0.211. The molecule has 0 heterocycles. The van der Waals surface area contributed by atoms with Crippen molar-refractivity contribution in [3.63, 3.8) is 0 Å². The number of hydrogen-bond donors (Lipinski definition) is 3. The minimum absolute atomic E-state index is 0.377. The lowest BCUT2D eigenvalue weighted by Crippen LogP contribution is -2.28. The second-order valence-corrected chi connectivity index (χ2v) is 4.93. The number of urea groups is 1. The Morgan fingerprint density at radius 2 is 1.91 bits per heavy atom. The predicted octanol–water partition coefficient (Wildman–Crippen LogP) is 3.21. The Morgan fingerprint density at radius 3 is 2.61 bits per heavy atom. The molecule has 0 aromatic heterocycles. The van der Waals surface area contributed by atoms with Gasteiger partial charge in [-0.2, -0.15) is 0 Å². The van der Waals surface area contributed by atoms with Gasteiger partial charge in [0.05, 0.1) is 6.61 Å². The summed E-state index contributed by atoms with van der Waals surface area (Å²) in [4.78, 5) is 11.8. The molecule has 0 aliphatic heterocycles. The molecule has 2 aromatic rings. The monoisotopic (exact) mass is 317 g/mol. The van der Waals surface area contributed by atoms with Gasteiger partial charge in [0.15, 0.2) is 0 Å². The van der Waals surface area contributed by atoms with Crippen LogP contribution in [0.2, 0.25) is 0 Å². The van der Waals surface area contributed by atoms with Gasteiger partial charge in [-0.25, -0.2) is 9.18 Å². The summed E-state index contributed by atoms with van der Waals surface area (Å²) >= 11 is 0. The zero-order valence-corrected chi connectivity index (χ0v) is 12.9. The number of amides is 2. The topological polar surface area (TPSA) is 62.4 Å². The van der Waals surface area contributed by atoms with E-state index in [9.17, 15) is 9.18 Å². The van der Waals surface area contributed by atoms with Gasteiger partial charge in [-0.05, 0) is 35.9 Å². The molecule has 2 rings (SSSR count). The van der Waals surface area contributed by atoms with Crippen molar-refractivity contribution in [3.8, 4) is 0 Å². The Balaban J connectivity index is 1.77. The zero-order chi connectivity index (χ0) is 16.5. The maximum Gasteiger partial charge on any atom is 0.319 e.